The maximum absolute atomic E-state index is 12.4. The van der Waals surface area contributed by atoms with Gasteiger partial charge in [-0.05, 0) is 45.7 Å². The third kappa shape index (κ3) is 5.21. The van der Waals surface area contributed by atoms with E-state index >= 15 is 0 Å². The molecule has 4 heteroatoms. The molecule has 0 aliphatic rings. The van der Waals surface area contributed by atoms with Gasteiger partial charge in [0, 0.05) is 12.6 Å². The van der Waals surface area contributed by atoms with E-state index in [1.807, 2.05) is 52.8 Å². The van der Waals surface area contributed by atoms with Crippen LogP contribution in [0.4, 0.5) is 5.69 Å². The molecule has 0 spiro atoms. The van der Waals surface area contributed by atoms with Gasteiger partial charge in [0.25, 0.3) is 0 Å². The van der Waals surface area contributed by atoms with E-state index in [0.29, 0.717) is 12.1 Å². The molecule has 0 radical (unpaired) electrons. The molecule has 1 unspecified atom stereocenters. The minimum absolute atomic E-state index is 0.154. The molecular weight excluding hydrogens is 266 g/mol. The topological polar surface area (TPSA) is 55.4 Å². The van der Waals surface area contributed by atoms with Gasteiger partial charge in [0.15, 0.2) is 0 Å². The highest BCUT2D eigenvalue weighted by Crippen LogP contribution is 2.30. The zero-order valence-electron chi connectivity index (χ0n) is 13.7. The van der Waals surface area contributed by atoms with Crippen LogP contribution in [0, 0.1) is 6.92 Å². The van der Waals surface area contributed by atoms with Crippen molar-refractivity contribution in [2.75, 3.05) is 5.32 Å². The summed E-state index contributed by atoms with van der Waals surface area (Å²) < 4.78 is 5.49. The smallest absolute Gasteiger partial charge is 0.313 e. The van der Waals surface area contributed by atoms with E-state index in [1.54, 1.807) is 0 Å². The summed E-state index contributed by atoms with van der Waals surface area (Å²) in [4.78, 5) is 23.7. The van der Waals surface area contributed by atoms with Gasteiger partial charge in [-0.25, -0.2) is 0 Å². The van der Waals surface area contributed by atoms with Crippen molar-refractivity contribution >= 4 is 17.6 Å². The van der Waals surface area contributed by atoms with Crippen LogP contribution < -0.4 is 5.32 Å². The Morgan fingerprint density at radius 1 is 1.29 bits per heavy atom. The first-order chi connectivity index (χ1) is 9.64. The summed E-state index contributed by atoms with van der Waals surface area (Å²) in [5, 5.41) is 2.79. The number of anilines is 1. The number of carbonyl (C=O) groups excluding carboxylic acids is 2. The van der Waals surface area contributed by atoms with Gasteiger partial charge in [0.2, 0.25) is 5.91 Å². The molecule has 116 valence electrons. The Bertz CT molecular complexity index is 529. The van der Waals surface area contributed by atoms with Gasteiger partial charge in [0.05, 0.1) is 5.92 Å². The number of esters is 1. The summed E-state index contributed by atoms with van der Waals surface area (Å²) in [5.74, 6) is -0.799. The largest absolute Gasteiger partial charge is 0.459 e. The fourth-order valence-electron chi connectivity index (χ4n) is 2.16. The molecule has 1 rings (SSSR count). The average molecular weight is 291 g/mol. The van der Waals surface area contributed by atoms with E-state index < -0.39 is 5.60 Å². The number of carbonyl (C=O) groups is 2. The van der Waals surface area contributed by atoms with Crippen molar-refractivity contribution in [3.63, 3.8) is 0 Å². The molecule has 0 bridgehead atoms. The molecule has 0 aliphatic heterocycles. The fraction of sp³-hybridized carbons (Fsp3) is 0.529. The summed E-state index contributed by atoms with van der Waals surface area (Å²) in [6, 6.07) is 5.68. The van der Waals surface area contributed by atoms with Crippen LogP contribution in [0.5, 0.6) is 0 Å². The number of aryl methyl sites for hydroxylation is 1. The van der Waals surface area contributed by atoms with Gasteiger partial charge in [-0.1, -0.05) is 24.6 Å². The fourth-order valence-corrected chi connectivity index (χ4v) is 2.16. The molecule has 4 nitrogen and oxygen atoms in total. The van der Waals surface area contributed by atoms with Crippen LogP contribution in [0.15, 0.2) is 18.2 Å². The highest BCUT2D eigenvalue weighted by atomic mass is 16.6. The lowest BCUT2D eigenvalue weighted by atomic mass is 9.93. The first-order valence-electron chi connectivity index (χ1n) is 7.25. The van der Waals surface area contributed by atoms with Gasteiger partial charge in [-0.2, -0.15) is 0 Å². The van der Waals surface area contributed by atoms with Crippen LogP contribution in [0.1, 0.15) is 58.1 Å². The summed E-state index contributed by atoms with van der Waals surface area (Å²) in [7, 11) is 0. The van der Waals surface area contributed by atoms with Gasteiger partial charge in [-0.3, -0.25) is 9.59 Å². The molecular formula is C17H25NO3. The van der Waals surface area contributed by atoms with E-state index in [-0.39, 0.29) is 17.8 Å². The second-order valence-corrected chi connectivity index (χ2v) is 6.27. The monoisotopic (exact) mass is 291 g/mol. The molecule has 0 fully saturated rings. The molecule has 0 aromatic heterocycles. The highest BCUT2D eigenvalue weighted by Gasteiger charge is 2.27. The van der Waals surface area contributed by atoms with Crippen molar-refractivity contribution in [2.24, 2.45) is 0 Å². The highest BCUT2D eigenvalue weighted by molar-refractivity contribution is 5.91. The average Bonchev–Trinajstić information content (AvgIpc) is 2.30. The van der Waals surface area contributed by atoms with Gasteiger partial charge in [-0.15, -0.1) is 0 Å². The van der Waals surface area contributed by atoms with Crippen molar-refractivity contribution in [2.45, 2.75) is 59.5 Å². The lowest BCUT2D eigenvalue weighted by Crippen LogP contribution is -2.28. The van der Waals surface area contributed by atoms with Crippen LogP contribution in [0.3, 0.4) is 0 Å². The maximum Gasteiger partial charge on any atom is 0.313 e. The summed E-state index contributed by atoms with van der Waals surface area (Å²) in [6.45, 7) is 10.9. The SMILES string of the molecule is CCC(C(=O)OC(C)(C)C)c1cc(C)ccc1NC(C)=O. The first kappa shape index (κ1) is 17.2. The van der Waals surface area contributed by atoms with Crippen LogP contribution in [0.25, 0.3) is 0 Å². The van der Waals surface area contributed by atoms with Crippen LogP contribution in [0.2, 0.25) is 0 Å². The lowest BCUT2D eigenvalue weighted by Gasteiger charge is -2.25. The Labute approximate surface area is 126 Å². The normalized spacial score (nSPS) is 12.7. The predicted molar refractivity (Wildman–Crippen MR) is 84.4 cm³/mol. The van der Waals surface area contributed by atoms with E-state index in [2.05, 4.69) is 5.32 Å². The van der Waals surface area contributed by atoms with E-state index in [9.17, 15) is 9.59 Å². The quantitative estimate of drug-likeness (QED) is 0.859. The van der Waals surface area contributed by atoms with Crippen molar-refractivity contribution in [3.8, 4) is 0 Å². The molecule has 21 heavy (non-hydrogen) atoms. The van der Waals surface area contributed by atoms with Crippen molar-refractivity contribution in [1.82, 2.24) is 0 Å². The molecule has 1 amide bonds. The molecule has 0 saturated carbocycles. The summed E-state index contributed by atoms with van der Waals surface area (Å²) in [6.07, 6.45) is 0.616. The molecule has 1 N–H and O–H groups in total. The number of amides is 1. The second kappa shape index (κ2) is 6.74. The van der Waals surface area contributed by atoms with Crippen molar-refractivity contribution < 1.29 is 14.3 Å². The number of rotatable bonds is 4. The van der Waals surface area contributed by atoms with Crippen LogP contribution in [-0.2, 0) is 14.3 Å². The zero-order valence-corrected chi connectivity index (χ0v) is 13.7. The Morgan fingerprint density at radius 2 is 1.90 bits per heavy atom. The lowest BCUT2D eigenvalue weighted by molar-refractivity contribution is -0.156. The molecule has 1 aromatic rings. The minimum atomic E-state index is -0.525. The number of nitrogens with one attached hydrogen (secondary N) is 1. The number of hydrogen-bond acceptors (Lipinski definition) is 3. The minimum Gasteiger partial charge on any atom is -0.459 e. The molecule has 1 aromatic carbocycles. The predicted octanol–water partition coefficient (Wildman–Crippen LogP) is 3.79. The maximum atomic E-state index is 12.4. The molecule has 0 saturated heterocycles. The Balaban J connectivity index is 3.17. The van der Waals surface area contributed by atoms with Crippen molar-refractivity contribution in [1.29, 1.82) is 0 Å². The van der Waals surface area contributed by atoms with Gasteiger partial charge >= 0.3 is 5.97 Å². The van der Waals surface area contributed by atoms with E-state index in [0.717, 1.165) is 11.1 Å². The third-order valence-electron chi connectivity index (χ3n) is 2.99. The molecule has 0 heterocycles. The number of ether oxygens (including phenoxy) is 1. The molecule has 1 atom stereocenters. The number of hydrogen-bond donors (Lipinski definition) is 1. The Hall–Kier alpha value is -1.84. The van der Waals surface area contributed by atoms with Gasteiger partial charge < -0.3 is 10.1 Å². The standard InChI is InChI=1S/C17H25NO3/c1-7-13(16(20)21-17(4,5)6)14-10-11(2)8-9-15(14)18-12(3)19/h8-10,13H,7H2,1-6H3,(H,18,19). The number of benzene rings is 1. The third-order valence-corrected chi connectivity index (χ3v) is 2.99. The Kier molecular flexibility index (Phi) is 5.53. The van der Waals surface area contributed by atoms with E-state index in [4.69, 9.17) is 4.74 Å². The summed E-state index contributed by atoms with van der Waals surface area (Å²) in [5.41, 5.74) is 2.00. The van der Waals surface area contributed by atoms with Gasteiger partial charge in [0.1, 0.15) is 5.60 Å². The van der Waals surface area contributed by atoms with Crippen molar-refractivity contribution in [3.05, 3.63) is 29.3 Å². The zero-order chi connectivity index (χ0) is 16.2. The first-order valence-corrected chi connectivity index (χ1v) is 7.25. The van der Waals surface area contributed by atoms with Crippen LogP contribution in [-0.4, -0.2) is 17.5 Å². The van der Waals surface area contributed by atoms with Crippen LogP contribution >= 0.6 is 0 Å². The second-order valence-electron chi connectivity index (χ2n) is 6.27. The van der Waals surface area contributed by atoms with E-state index in [1.165, 1.54) is 6.92 Å². The Morgan fingerprint density at radius 3 is 2.38 bits per heavy atom. The molecule has 0 aliphatic carbocycles. The summed E-state index contributed by atoms with van der Waals surface area (Å²) >= 11 is 0.